The number of piperidine rings is 1. The normalized spacial score (nSPS) is 20.5. The van der Waals surface area contributed by atoms with E-state index in [1.807, 2.05) is 18.4 Å². The number of hydrogen-bond acceptors (Lipinski definition) is 4. The second kappa shape index (κ2) is 9.43. The largest absolute Gasteiger partial charge is 0.356 e. The molecule has 2 fully saturated rings. The molecule has 1 saturated heterocycles. The minimum absolute atomic E-state index is 0.0705. The van der Waals surface area contributed by atoms with Gasteiger partial charge >= 0.3 is 0 Å². The molecule has 1 N–H and O–H groups in total. The van der Waals surface area contributed by atoms with Crippen molar-refractivity contribution in [3.8, 4) is 0 Å². The van der Waals surface area contributed by atoms with Gasteiger partial charge in [-0.05, 0) is 62.1 Å². The third kappa shape index (κ3) is 5.27. The minimum Gasteiger partial charge on any atom is -0.356 e. The van der Waals surface area contributed by atoms with E-state index in [1.165, 1.54) is 36.4 Å². The lowest BCUT2D eigenvalue weighted by atomic mass is 9.89. The molecule has 1 aromatic rings. The van der Waals surface area contributed by atoms with Crippen LogP contribution in [0.2, 0.25) is 0 Å². The number of nitrogens with zero attached hydrogens (tertiary/aromatic N) is 1. The maximum Gasteiger partial charge on any atom is 0.243 e. The van der Waals surface area contributed by atoms with Crippen molar-refractivity contribution < 1.29 is 13.2 Å². The van der Waals surface area contributed by atoms with Crippen LogP contribution >= 0.6 is 11.8 Å². The van der Waals surface area contributed by atoms with Gasteiger partial charge in [0.2, 0.25) is 15.9 Å². The van der Waals surface area contributed by atoms with E-state index in [0.29, 0.717) is 36.7 Å². The van der Waals surface area contributed by atoms with Gasteiger partial charge in [0.15, 0.2) is 0 Å². The van der Waals surface area contributed by atoms with Crippen LogP contribution < -0.4 is 5.32 Å². The molecule has 3 rings (SSSR count). The first-order valence-electron chi connectivity index (χ1n) is 9.92. The van der Waals surface area contributed by atoms with Gasteiger partial charge in [-0.15, -0.1) is 11.8 Å². The Balaban J connectivity index is 1.50. The van der Waals surface area contributed by atoms with Gasteiger partial charge < -0.3 is 5.32 Å². The van der Waals surface area contributed by atoms with Crippen molar-refractivity contribution in [1.29, 1.82) is 0 Å². The summed E-state index contributed by atoms with van der Waals surface area (Å²) in [5.41, 5.74) is 0. The quantitative estimate of drug-likeness (QED) is 0.729. The van der Waals surface area contributed by atoms with Crippen molar-refractivity contribution in [3.63, 3.8) is 0 Å². The summed E-state index contributed by atoms with van der Waals surface area (Å²) >= 11 is 1.59. The van der Waals surface area contributed by atoms with Crippen LogP contribution in [0.5, 0.6) is 0 Å². The Morgan fingerprint density at radius 1 is 1.07 bits per heavy atom. The molecule has 1 saturated carbocycles. The van der Waals surface area contributed by atoms with E-state index in [0.717, 1.165) is 11.4 Å². The zero-order chi connectivity index (χ0) is 19.3. The van der Waals surface area contributed by atoms with Gasteiger partial charge in [-0.1, -0.05) is 19.3 Å². The average molecular weight is 411 g/mol. The van der Waals surface area contributed by atoms with E-state index in [1.54, 1.807) is 23.9 Å². The molecule has 2 aliphatic rings. The SMILES string of the molecule is CSc1ccc(S(=O)(=O)N2CCC(C(=O)NCC3CCCCC3)CC2)cc1. The zero-order valence-electron chi connectivity index (χ0n) is 16.0. The zero-order valence-corrected chi connectivity index (χ0v) is 17.7. The molecule has 1 aliphatic heterocycles. The highest BCUT2D eigenvalue weighted by atomic mass is 32.2. The van der Waals surface area contributed by atoms with Gasteiger partial charge in [-0.3, -0.25) is 4.79 Å². The lowest BCUT2D eigenvalue weighted by Gasteiger charge is -2.31. The molecule has 0 spiro atoms. The lowest BCUT2D eigenvalue weighted by molar-refractivity contribution is -0.126. The second-order valence-electron chi connectivity index (χ2n) is 7.60. The number of rotatable bonds is 6. The highest BCUT2D eigenvalue weighted by molar-refractivity contribution is 7.98. The predicted molar refractivity (Wildman–Crippen MR) is 109 cm³/mol. The maximum absolute atomic E-state index is 12.8. The first-order valence-corrected chi connectivity index (χ1v) is 12.6. The van der Waals surface area contributed by atoms with Gasteiger partial charge in [0.1, 0.15) is 0 Å². The van der Waals surface area contributed by atoms with Crippen LogP contribution in [0.3, 0.4) is 0 Å². The topological polar surface area (TPSA) is 66.5 Å². The van der Waals surface area contributed by atoms with Gasteiger partial charge in [-0.25, -0.2) is 8.42 Å². The summed E-state index contributed by atoms with van der Waals surface area (Å²) in [7, 11) is -3.47. The summed E-state index contributed by atoms with van der Waals surface area (Å²) in [5.74, 6) is 0.647. The molecular weight excluding hydrogens is 380 g/mol. The number of benzene rings is 1. The Kier molecular flexibility index (Phi) is 7.22. The average Bonchev–Trinajstić information content (AvgIpc) is 2.73. The number of hydrogen-bond donors (Lipinski definition) is 1. The molecule has 1 heterocycles. The fourth-order valence-electron chi connectivity index (χ4n) is 4.04. The third-order valence-electron chi connectivity index (χ3n) is 5.81. The van der Waals surface area contributed by atoms with E-state index in [4.69, 9.17) is 0 Å². The van der Waals surface area contributed by atoms with Crippen LogP contribution in [0.1, 0.15) is 44.9 Å². The van der Waals surface area contributed by atoms with E-state index in [-0.39, 0.29) is 11.8 Å². The Morgan fingerprint density at radius 2 is 1.70 bits per heavy atom. The van der Waals surface area contributed by atoms with E-state index in [9.17, 15) is 13.2 Å². The van der Waals surface area contributed by atoms with Gasteiger partial charge in [0, 0.05) is 30.4 Å². The van der Waals surface area contributed by atoms with Crippen molar-refractivity contribution in [2.24, 2.45) is 11.8 Å². The monoisotopic (exact) mass is 410 g/mol. The van der Waals surface area contributed by atoms with Crippen LogP contribution in [0.25, 0.3) is 0 Å². The summed E-state index contributed by atoms with van der Waals surface area (Å²) in [6, 6.07) is 7.01. The Labute approximate surface area is 167 Å². The van der Waals surface area contributed by atoms with Gasteiger partial charge in [0.25, 0.3) is 0 Å². The molecular formula is C20H30N2O3S2. The molecule has 0 aromatic heterocycles. The molecule has 0 unspecified atom stereocenters. The molecule has 27 heavy (non-hydrogen) atoms. The molecule has 1 aromatic carbocycles. The highest BCUT2D eigenvalue weighted by Gasteiger charge is 2.32. The molecule has 5 nitrogen and oxygen atoms in total. The van der Waals surface area contributed by atoms with Crippen molar-refractivity contribution in [1.82, 2.24) is 9.62 Å². The standard InChI is InChI=1S/C20H30N2O3S2/c1-26-18-7-9-19(10-8-18)27(24,25)22-13-11-17(12-14-22)20(23)21-15-16-5-3-2-4-6-16/h7-10,16-17H,2-6,11-15H2,1H3,(H,21,23). The number of amides is 1. The molecule has 7 heteroatoms. The van der Waals surface area contributed by atoms with Crippen molar-refractivity contribution in [2.45, 2.75) is 54.7 Å². The number of carbonyl (C=O) groups is 1. The fraction of sp³-hybridized carbons (Fsp3) is 0.650. The Hall–Kier alpha value is -1.05. The lowest BCUT2D eigenvalue weighted by Crippen LogP contribution is -2.43. The molecule has 1 amide bonds. The van der Waals surface area contributed by atoms with Crippen molar-refractivity contribution >= 4 is 27.7 Å². The van der Waals surface area contributed by atoms with E-state index < -0.39 is 10.0 Å². The van der Waals surface area contributed by atoms with Crippen LogP contribution in [-0.4, -0.2) is 44.5 Å². The summed E-state index contributed by atoms with van der Waals surface area (Å²) in [6.07, 6.45) is 9.45. The number of nitrogens with one attached hydrogen (secondary N) is 1. The molecule has 0 bridgehead atoms. The highest BCUT2D eigenvalue weighted by Crippen LogP contribution is 2.26. The van der Waals surface area contributed by atoms with Crippen LogP contribution in [0.15, 0.2) is 34.1 Å². The third-order valence-corrected chi connectivity index (χ3v) is 8.47. The van der Waals surface area contributed by atoms with Crippen molar-refractivity contribution in [2.75, 3.05) is 25.9 Å². The molecule has 0 atom stereocenters. The maximum atomic E-state index is 12.8. The fourth-order valence-corrected chi connectivity index (χ4v) is 5.91. The summed E-state index contributed by atoms with van der Waals surface area (Å²) in [4.78, 5) is 13.8. The first kappa shape index (κ1) is 20.7. The van der Waals surface area contributed by atoms with E-state index >= 15 is 0 Å². The number of sulfonamides is 1. The number of carbonyl (C=O) groups excluding carboxylic acids is 1. The Morgan fingerprint density at radius 3 is 2.30 bits per heavy atom. The summed E-state index contributed by atoms with van der Waals surface area (Å²) in [5, 5.41) is 3.11. The van der Waals surface area contributed by atoms with Crippen LogP contribution in [0.4, 0.5) is 0 Å². The van der Waals surface area contributed by atoms with Crippen LogP contribution in [0, 0.1) is 11.8 Å². The molecule has 150 valence electrons. The van der Waals surface area contributed by atoms with Gasteiger partial charge in [0.05, 0.1) is 4.90 Å². The summed E-state index contributed by atoms with van der Waals surface area (Å²) < 4.78 is 27.1. The minimum atomic E-state index is -3.47. The second-order valence-corrected chi connectivity index (χ2v) is 10.4. The molecule has 1 aliphatic carbocycles. The summed E-state index contributed by atoms with van der Waals surface area (Å²) in [6.45, 7) is 1.60. The first-order chi connectivity index (χ1) is 13.0. The van der Waals surface area contributed by atoms with Gasteiger partial charge in [-0.2, -0.15) is 4.31 Å². The van der Waals surface area contributed by atoms with Crippen molar-refractivity contribution in [3.05, 3.63) is 24.3 Å². The smallest absolute Gasteiger partial charge is 0.243 e. The predicted octanol–water partition coefficient (Wildman–Crippen LogP) is 3.51. The molecule has 0 radical (unpaired) electrons. The Bertz CT molecular complexity index is 720. The van der Waals surface area contributed by atoms with E-state index in [2.05, 4.69) is 5.32 Å². The number of thioether (sulfide) groups is 1. The van der Waals surface area contributed by atoms with Crippen LogP contribution in [-0.2, 0) is 14.8 Å².